The molecule has 2 rings (SSSR count). The number of piperidine rings is 1. The average molecular weight is 215 g/mol. The van der Waals surface area contributed by atoms with Gasteiger partial charge in [-0.3, -0.25) is 5.10 Å². The number of halogens is 1. The van der Waals surface area contributed by atoms with E-state index in [1.54, 1.807) is 0 Å². The van der Waals surface area contributed by atoms with Crippen molar-refractivity contribution < 1.29 is 0 Å². The second-order valence-corrected chi connectivity index (χ2v) is 4.07. The molecule has 1 unspecified atom stereocenters. The topological polar surface area (TPSA) is 53.6 Å². The Labute approximate surface area is 88.5 Å². The van der Waals surface area contributed by atoms with Crippen molar-refractivity contribution in [2.24, 2.45) is 0 Å². The summed E-state index contributed by atoms with van der Waals surface area (Å²) in [6, 6.07) is 0.646. The van der Waals surface area contributed by atoms with Crippen LogP contribution < -0.4 is 5.32 Å². The third kappa shape index (κ3) is 2.69. The molecular formula is C9H15ClN4. The number of aryl methyl sites for hydroxylation is 1. The Kier molecular flexibility index (Phi) is 3.37. The molecular weight excluding hydrogens is 200 g/mol. The highest BCUT2D eigenvalue weighted by atomic mass is 35.5. The maximum absolute atomic E-state index is 5.61. The van der Waals surface area contributed by atoms with Crippen LogP contribution in [0.2, 0.25) is 5.28 Å². The predicted octanol–water partition coefficient (Wildman–Crippen LogP) is 1.53. The van der Waals surface area contributed by atoms with Crippen molar-refractivity contribution in [1.29, 1.82) is 0 Å². The summed E-state index contributed by atoms with van der Waals surface area (Å²) >= 11 is 5.61. The molecule has 0 aromatic carbocycles. The van der Waals surface area contributed by atoms with Gasteiger partial charge in [-0.2, -0.15) is 0 Å². The highest BCUT2D eigenvalue weighted by Gasteiger charge is 2.12. The fraction of sp³-hybridized carbons (Fsp3) is 0.778. The summed E-state index contributed by atoms with van der Waals surface area (Å²) in [5.74, 6) is 0.891. The first-order valence-corrected chi connectivity index (χ1v) is 5.52. The molecule has 0 saturated carbocycles. The first-order valence-electron chi connectivity index (χ1n) is 5.15. The first-order chi connectivity index (χ1) is 6.84. The van der Waals surface area contributed by atoms with E-state index in [1.807, 2.05) is 0 Å². The zero-order valence-corrected chi connectivity index (χ0v) is 8.85. The molecule has 5 heteroatoms. The van der Waals surface area contributed by atoms with Gasteiger partial charge in [0.2, 0.25) is 5.28 Å². The Morgan fingerprint density at radius 3 is 3.00 bits per heavy atom. The molecule has 0 spiro atoms. The lowest BCUT2D eigenvalue weighted by Gasteiger charge is -2.22. The Hall–Kier alpha value is -0.610. The Morgan fingerprint density at radius 2 is 2.36 bits per heavy atom. The minimum atomic E-state index is 0.316. The van der Waals surface area contributed by atoms with Crippen LogP contribution in [-0.2, 0) is 6.42 Å². The molecule has 1 aliphatic heterocycles. The van der Waals surface area contributed by atoms with Crippen LogP contribution in [0.3, 0.4) is 0 Å². The predicted molar refractivity (Wildman–Crippen MR) is 55.4 cm³/mol. The van der Waals surface area contributed by atoms with E-state index in [2.05, 4.69) is 20.5 Å². The lowest BCUT2D eigenvalue weighted by molar-refractivity contribution is 0.381. The molecule has 1 fully saturated rings. The van der Waals surface area contributed by atoms with Gasteiger partial charge in [0.05, 0.1) is 0 Å². The quantitative estimate of drug-likeness (QED) is 0.803. The SMILES string of the molecule is Clc1n[nH]c(CCC2CCCCN2)n1. The summed E-state index contributed by atoms with van der Waals surface area (Å²) in [7, 11) is 0. The van der Waals surface area contributed by atoms with E-state index < -0.39 is 0 Å². The van der Waals surface area contributed by atoms with Gasteiger partial charge < -0.3 is 5.32 Å². The maximum atomic E-state index is 5.61. The van der Waals surface area contributed by atoms with Crippen LogP contribution in [0.5, 0.6) is 0 Å². The third-order valence-corrected chi connectivity index (χ3v) is 2.82. The summed E-state index contributed by atoms with van der Waals surface area (Å²) in [5, 5.41) is 10.4. The van der Waals surface area contributed by atoms with Gasteiger partial charge >= 0.3 is 0 Å². The molecule has 2 heterocycles. The number of nitrogens with one attached hydrogen (secondary N) is 2. The fourth-order valence-electron chi connectivity index (χ4n) is 1.87. The van der Waals surface area contributed by atoms with Crippen molar-refractivity contribution in [1.82, 2.24) is 20.5 Å². The minimum absolute atomic E-state index is 0.316. The van der Waals surface area contributed by atoms with Gasteiger partial charge in [0, 0.05) is 12.5 Å². The molecule has 4 nitrogen and oxygen atoms in total. The lowest BCUT2D eigenvalue weighted by atomic mass is 10.0. The highest BCUT2D eigenvalue weighted by molar-refractivity contribution is 6.28. The number of H-pyrrole nitrogens is 1. The van der Waals surface area contributed by atoms with Gasteiger partial charge in [0.1, 0.15) is 5.82 Å². The van der Waals surface area contributed by atoms with E-state index in [1.165, 1.54) is 19.3 Å². The van der Waals surface area contributed by atoms with Crippen molar-refractivity contribution in [3.05, 3.63) is 11.1 Å². The monoisotopic (exact) mass is 214 g/mol. The van der Waals surface area contributed by atoms with Crippen LogP contribution in [0.15, 0.2) is 0 Å². The van der Waals surface area contributed by atoms with E-state index in [-0.39, 0.29) is 0 Å². The number of hydrogen-bond donors (Lipinski definition) is 2. The smallest absolute Gasteiger partial charge is 0.242 e. The standard InChI is InChI=1S/C9H15ClN4/c10-9-12-8(13-14-9)5-4-7-3-1-2-6-11-7/h7,11H,1-6H2,(H,12,13,14). The first kappa shape index (κ1) is 9.93. The fourth-order valence-corrected chi connectivity index (χ4v) is 2.01. The van der Waals surface area contributed by atoms with E-state index >= 15 is 0 Å². The second kappa shape index (κ2) is 4.75. The maximum Gasteiger partial charge on any atom is 0.242 e. The van der Waals surface area contributed by atoms with Crippen LogP contribution in [0.25, 0.3) is 0 Å². The number of aromatic amines is 1. The summed E-state index contributed by atoms with van der Waals surface area (Å²) in [6.07, 6.45) is 5.98. The molecule has 1 aliphatic rings. The summed E-state index contributed by atoms with van der Waals surface area (Å²) in [6.45, 7) is 1.15. The van der Waals surface area contributed by atoms with Crippen LogP contribution in [0, 0.1) is 0 Å². The molecule has 2 N–H and O–H groups in total. The van der Waals surface area contributed by atoms with Crippen molar-refractivity contribution in [2.75, 3.05) is 6.54 Å². The van der Waals surface area contributed by atoms with Crippen molar-refractivity contribution in [2.45, 2.75) is 38.1 Å². The van der Waals surface area contributed by atoms with Crippen molar-refractivity contribution in [3.8, 4) is 0 Å². The van der Waals surface area contributed by atoms with Gasteiger partial charge in [-0.1, -0.05) is 6.42 Å². The van der Waals surface area contributed by atoms with Crippen LogP contribution in [0.4, 0.5) is 0 Å². The summed E-state index contributed by atoms with van der Waals surface area (Å²) < 4.78 is 0. The minimum Gasteiger partial charge on any atom is -0.314 e. The van der Waals surface area contributed by atoms with E-state index in [9.17, 15) is 0 Å². The Bertz CT molecular complexity index is 280. The average Bonchev–Trinajstić information content (AvgIpc) is 2.63. The molecule has 1 aromatic rings. The molecule has 78 valence electrons. The highest BCUT2D eigenvalue weighted by Crippen LogP contribution is 2.12. The van der Waals surface area contributed by atoms with Gasteiger partial charge in [-0.15, -0.1) is 5.10 Å². The molecule has 1 atom stereocenters. The lowest BCUT2D eigenvalue weighted by Crippen LogP contribution is -2.34. The number of hydrogen-bond acceptors (Lipinski definition) is 3. The normalized spacial score (nSPS) is 22.5. The Morgan fingerprint density at radius 1 is 1.43 bits per heavy atom. The van der Waals surface area contributed by atoms with Crippen molar-refractivity contribution in [3.63, 3.8) is 0 Å². The summed E-state index contributed by atoms with van der Waals surface area (Å²) in [4.78, 5) is 4.07. The van der Waals surface area contributed by atoms with E-state index in [4.69, 9.17) is 11.6 Å². The van der Waals surface area contributed by atoms with Crippen LogP contribution in [-0.4, -0.2) is 27.8 Å². The van der Waals surface area contributed by atoms with Crippen LogP contribution in [0.1, 0.15) is 31.5 Å². The molecule has 1 saturated heterocycles. The molecule has 0 bridgehead atoms. The second-order valence-electron chi connectivity index (χ2n) is 3.74. The van der Waals surface area contributed by atoms with Gasteiger partial charge in [0.15, 0.2) is 0 Å². The molecule has 0 aliphatic carbocycles. The third-order valence-electron chi connectivity index (χ3n) is 2.65. The van der Waals surface area contributed by atoms with Crippen molar-refractivity contribution >= 4 is 11.6 Å². The Balaban J connectivity index is 1.76. The van der Waals surface area contributed by atoms with E-state index in [0.717, 1.165) is 25.2 Å². The van der Waals surface area contributed by atoms with Gasteiger partial charge in [0.25, 0.3) is 0 Å². The zero-order chi connectivity index (χ0) is 9.80. The zero-order valence-electron chi connectivity index (χ0n) is 8.09. The van der Waals surface area contributed by atoms with Gasteiger partial charge in [-0.25, -0.2) is 4.98 Å². The largest absolute Gasteiger partial charge is 0.314 e. The number of aromatic nitrogens is 3. The number of nitrogens with zero attached hydrogens (tertiary/aromatic N) is 2. The van der Waals surface area contributed by atoms with Crippen LogP contribution >= 0.6 is 11.6 Å². The van der Waals surface area contributed by atoms with E-state index in [0.29, 0.717) is 11.3 Å². The molecule has 1 aromatic heterocycles. The molecule has 0 amide bonds. The van der Waals surface area contributed by atoms with Gasteiger partial charge in [-0.05, 0) is 37.4 Å². The number of rotatable bonds is 3. The summed E-state index contributed by atoms with van der Waals surface area (Å²) in [5.41, 5.74) is 0. The molecule has 0 radical (unpaired) electrons. The molecule has 14 heavy (non-hydrogen) atoms.